The first kappa shape index (κ1) is 20.4. The number of benzene rings is 1. The van der Waals surface area contributed by atoms with Gasteiger partial charge in [-0.3, -0.25) is 0 Å². The Kier molecular flexibility index (Phi) is 10.7. The highest BCUT2D eigenvalue weighted by Gasteiger charge is 2.25. The molecule has 0 aliphatic carbocycles. The quantitative estimate of drug-likeness (QED) is 0.581. The third-order valence-electron chi connectivity index (χ3n) is 3.89. The summed E-state index contributed by atoms with van der Waals surface area (Å²) in [6.07, 6.45) is 8.73. The van der Waals surface area contributed by atoms with E-state index in [0.717, 1.165) is 12.0 Å². The summed E-state index contributed by atoms with van der Waals surface area (Å²) in [6.45, 7) is 1.74. The maximum Gasteiger partial charge on any atom is 0.0878 e. The van der Waals surface area contributed by atoms with Crippen LogP contribution in [0.5, 0.6) is 0 Å². The molecule has 3 nitrogen and oxygen atoms in total. The summed E-state index contributed by atoms with van der Waals surface area (Å²) in [5.74, 6) is 0. The molecule has 0 fully saturated rings. The highest BCUT2D eigenvalue weighted by atomic mass is 35.5. The average molecular weight is 316 g/mol. The highest BCUT2D eigenvalue weighted by Crippen LogP contribution is 2.20. The van der Waals surface area contributed by atoms with E-state index in [1.807, 2.05) is 18.2 Å². The smallest absolute Gasteiger partial charge is 0.0878 e. The Morgan fingerprint density at radius 2 is 1.62 bits per heavy atom. The van der Waals surface area contributed by atoms with E-state index in [1.54, 1.807) is 0 Å². The molecule has 4 N–H and O–H groups in total. The van der Waals surface area contributed by atoms with Crippen molar-refractivity contribution in [3.63, 3.8) is 0 Å². The molecular formula is C17H30ClNO2. The molecule has 0 saturated heterocycles. The Hall–Kier alpha value is -0.610. The van der Waals surface area contributed by atoms with Crippen LogP contribution in [-0.4, -0.2) is 23.4 Å². The average Bonchev–Trinajstić information content (AvgIpc) is 2.50. The molecule has 0 radical (unpaired) electrons. The van der Waals surface area contributed by atoms with Crippen molar-refractivity contribution in [3.8, 4) is 0 Å². The molecule has 1 aromatic carbocycles. The Labute approximate surface area is 135 Å². The number of unbranched alkanes of at least 4 members (excludes halogenated alkanes) is 5. The summed E-state index contributed by atoms with van der Waals surface area (Å²) in [6, 6.07) is 7.93. The second kappa shape index (κ2) is 11.0. The van der Waals surface area contributed by atoms with Gasteiger partial charge in [-0.15, -0.1) is 12.4 Å². The fourth-order valence-corrected chi connectivity index (χ4v) is 2.38. The lowest BCUT2D eigenvalue weighted by atomic mass is 9.90. The molecule has 0 aromatic heterocycles. The van der Waals surface area contributed by atoms with Crippen LogP contribution in [0.1, 0.15) is 56.6 Å². The molecule has 0 saturated carbocycles. The van der Waals surface area contributed by atoms with E-state index in [0.29, 0.717) is 0 Å². The van der Waals surface area contributed by atoms with Crippen molar-refractivity contribution >= 4 is 12.4 Å². The first-order chi connectivity index (χ1) is 9.66. The van der Waals surface area contributed by atoms with Crippen LogP contribution in [0.25, 0.3) is 0 Å². The molecule has 1 aromatic rings. The van der Waals surface area contributed by atoms with Crippen LogP contribution in [-0.2, 0) is 12.0 Å². The number of aliphatic hydroxyl groups excluding tert-OH is 2. The predicted octanol–water partition coefficient (Wildman–Crippen LogP) is 3.15. The molecule has 0 spiro atoms. The normalized spacial score (nSPS) is 11.2. The molecule has 0 aliphatic heterocycles. The molecule has 0 heterocycles. The third-order valence-corrected chi connectivity index (χ3v) is 3.89. The molecule has 1 rings (SSSR count). The van der Waals surface area contributed by atoms with Crippen LogP contribution >= 0.6 is 12.4 Å². The lowest BCUT2D eigenvalue weighted by Crippen LogP contribution is -2.44. The zero-order chi connectivity index (χ0) is 14.8. The number of rotatable bonds is 10. The van der Waals surface area contributed by atoms with Crippen molar-refractivity contribution in [1.29, 1.82) is 0 Å². The number of aryl methyl sites for hydroxylation is 1. The van der Waals surface area contributed by atoms with Crippen LogP contribution in [0.3, 0.4) is 0 Å². The summed E-state index contributed by atoms with van der Waals surface area (Å²) in [4.78, 5) is 0. The van der Waals surface area contributed by atoms with Gasteiger partial charge in [0.2, 0.25) is 0 Å². The first-order valence-corrected chi connectivity index (χ1v) is 7.76. The minimum atomic E-state index is -1.03. The van der Waals surface area contributed by atoms with E-state index in [1.165, 1.54) is 44.1 Å². The zero-order valence-electron chi connectivity index (χ0n) is 13.1. The Balaban J connectivity index is 0.00000400. The lowest BCUT2D eigenvalue weighted by Gasteiger charge is -2.25. The molecule has 0 amide bonds. The lowest BCUT2D eigenvalue weighted by molar-refractivity contribution is 0.121. The molecule has 21 heavy (non-hydrogen) atoms. The fourth-order valence-electron chi connectivity index (χ4n) is 2.38. The van der Waals surface area contributed by atoms with E-state index in [9.17, 15) is 10.2 Å². The summed E-state index contributed by atoms with van der Waals surface area (Å²) < 4.78 is 0. The SMILES string of the molecule is CCCCCCCCc1cccc(C(N)(CO)CO)c1.Cl. The van der Waals surface area contributed by atoms with Crippen molar-refractivity contribution < 1.29 is 10.2 Å². The number of nitrogens with two attached hydrogens (primary N) is 1. The van der Waals surface area contributed by atoms with Crippen LogP contribution in [0.15, 0.2) is 24.3 Å². The molecular weight excluding hydrogens is 286 g/mol. The van der Waals surface area contributed by atoms with Gasteiger partial charge in [-0.1, -0.05) is 63.3 Å². The van der Waals surface area contributed by atoms with Crippen LogP contribution in [0, 0.1) is 0 Å². The maximum absolute atomic E-state index is 9.34. The van der Waals surface area contributed by atoms with Crippen molar-refractivity contribution in [3.05, 3.63) is 35.4 Å². The Morgan fingerprint density at radius 3 is 2.24 bits per heavy atom. The van der Waals surface area contributed by atoms with Crippen molar-refractivity contribution in [2.24, 2.45) is 5.73 Å². The van der Waals surface area contributed by atoms with E-state index in [2.05, 4.69) is 13.0 Å². The monoisotopic (exact) mass is 315 g/mol. The van der Waals surface area contributed by atoms with Gasteiger partial charge in [-0.05, 0) is 24.0 Å². The van der Waals surface area contributed by atoms with Gasteiger partial charge in [-0.2, -0.15) is 0 Å². The zero-order valence-corrected chi connectivity index (χ0v) is 13.9. The second-order valence-electron chi connectivity index (χ2n) is 5.69. The second-order valence-corrected chi connectivity index (χ2v) is 5.69. The van der Waals surface area contributed by atoms with Gasteiger partial charge in [-0.25, -0.2) is 0 Å². The topological polar surface area (TPSA) is 66.5 Å². The largest absolute Gasteiger partial charge is 0.394 e. The van der Waals surface area contributed by atoms with Crippen molar-refractivity contribution in [2.75, 3.05) is 13.2 Å². The fraction of sp³-hybridized carbons (Fsp3) is 0.647. The number of halogens is 1. The molecule has 4 heteroatoms. The van der Waals surface area contributed by atoms with E-state index in [4.69, 9.17) is 5.73 Å². The number of hydrogen-bond acceptors (Lipinski definition) is 3. The van der Waals surface area contributed by atoms with E-state index in [-0.39, 0.29) is 25.6 Å². The Morgan fingerprint density at radius 1 is 1.00 bits per heavy atom. The summed E-state index contributed by atoms with van der Waals surface area (Å²) in [5, 5.41) is 18.7. The van der Waals surface area contributed by atoms with Gasteiger partial charge in [0.25, 0.3) is 0 Å². The van der Waals surface area contributed by atoms with E-state index >= 15 is 0 Å². The molecule has 122 valence electrons. The van der Waals surface area contributed by atoms with Gasteiger partial charge in [0, 0.05) is 0 Å². The number of aliphatic hydroxyl groups is 2. The molecule has 0 atom stereocenters. The van der Waals surface area contributed by atoms with Crippen LogP contribution in [0.2, 0.25) is 0 Å². The predicted molar refractivity (Wildman–Crippen MR) is 90.8 cm³/mol. The third kappa shape index (κ3) is 6.79. The minimum Gasteiger partial charge on any atom is -0.394 e. The maximum atomic E-state index is 9.34. The molecule has 0 aliphatic rings. The standard InChI is InChI=1S/C17H29NO2.ClH/c1-2-3-4-5-6-7-9-15-10-8-11-16(12-15)17(18,13-19)14-20;/h8,10-12,19-20H,2-7,9,13-14,18H2,1H3;1H. The van der Waals surface area contributed by atoms with Crippen LogP contribution in [0.4, 0.5) is 0 Å². The summed E-state index contributed by atoms with van der Waals surface area (Å²) in [5.41, 5.74) is 7.01. The van der Waals surface area contributed by atoms with Crippen molar-refractivity contribution in [1.82, 2.24) is 0 Å². The molecule has 0 unspecified atom stereocenters. The van der Waals surface area contributed by atoms with Crippen molar-refractivity contribution in [2.45, 2.75) is 57.4 Å². The van der Waals surface area contributed by atoms with E-state index < -0.39 is 5.54 Å². The molecule has 0 bridgehead atoms. The van der Waals surface area contributed by atoms with Gasteiger partial charge >= 0.3 is 0 Å². The van der Waals surface area contributed by atoms with Gasteiger partial charge in [0.1, 0.15) is 0 Å². The summed E-state index contributed by atoms with van der Waals surface area (Å²) >= 11 is 0. The van der Waals surface area contributed by atoms with Gasteiger partial charge in [0.05, 0.1) is 18.8 Å². The first-order valence-electron chi connectivity index (χ1n) is 7.76. The number of hydrogen-bond donors (Lipinski definition) is 3. The highest BCUT2D eigenvalue weighted by molar-refractivity contribution is 5.85. The van der Waals surface area contributed by atoms with Crippen LogP contribution < -0.4 is 5.73 Å². The Bertz CT molecular complexity index is 381. The van der Waals surface area contributed by atoms with Gasteiger partial charge < -0.3 is 15.9 Å². The summed E-state index contributed by atoms with van der Waals surface area (Å²) in [7, 11) is 0. The minimum absolute atomic E-state index is 0. The van der Waals surface area contributed by atoms with Gasteiger partial charge in [0.15, 0.2) is 0 Å².